The molecule has 2 N–H and O–H groups in total. The van der Waals surface area contributed by atoms with Crippen molar-refractivity contribution in [1.29, 1.82) is 0 Å². The molecule has 1 amide bonds. The largest absolute Gasteiger partial charge is 0.465 e. The van der Waals surface area contributed by atoms with Gasteiger partial charge in [-0.05, 0) is 25.2 Å². The lowest BCUT2D eigenvalue weighted by atomic mass is 10.2. The van der Waals surface area contributed by atoms with Gasteiger partial charge in [-0.25, -0.2) is 4.79 Å². The molecule has 1 aromatic carbocycles. The third-order valence-electron chi connectivity index (χ3n) is 2.26. The number of carbonyl (C=O) groups is 2. The second-order valence-corrected chi connectivity index (χ2v) is 4.00. The van der Waals surface area contributed by atoms with Gasteiger partial charge in [0.05, 0.1) is 23.4 Å². The normalized spacial score (nSPS) is 9.94. The fraction of sp³-hybridized carbons (Fsp3) is 0.333. The van der Waals surface area contributed by atoms with Crippen LogP contribution >= 0.6 is 11.6 Å². The van der Waals surface area contributed by atoms with Crippen molar-refractivity contribution in [3.8, 4) is 0 Å². The van der Waals surface area contributed by atoms with Crippen LogP contribution in [0.1, 0.15) is 16.8 Å². The number of benzene rings is 1. The van der Waals surface area contributed by atoms with Crippen molar-refractivity contribution in [2.75, 3.05) is 26.0 Å². The molecule has 0 aliphatic rings. The first-order chi connectivity index (χ1) is 8.58. The number of hydrogen-bond acceptors (Lipinski definition) is 4. The van der Waals surface area contributed by atoms with Crippen LogP contribution in [-0.4, -0.2) is 32.6 Å². The van der Waals surface area contributed by atoms with E-state index >= 15 is 0 Å². The van der Waals surface area contributed by atoms with Crippen molar-refractivity contribution in [3.63, 3.8) is 0 Å². The van der Waals surface area contributed by atoms with Crippen LogP contribution in [0.5, 0.6) is 0 Å². The molecule has 0 radical (unpaired) electrons. The van der Waals surface area contributed by atoms with Crippen molar-refractivity contribution in [1.82, 2.24) is 5.32 Å². The molecule has 0 spiro atoms. The summed E-state index contributed by atoms with van der Waals surface area (Å²) in [6.45, 7) is 0.570. The van der Waals surface area contributed by atoms with Crippen molar-refractivity contribution < 1.29 is 14.3 Å². The van der Waals surface area contributed by atoms with Gasteiger partial charge in [-0.3, -0.25) is 4.79 Å². The highest BCUT2D eigenvalue weighted by atomic mass is 35.5. The number of amides is 1. The third-order valence-corrected chi connectivity index (χ3v) is 2.59. The number of halogens is 1. The lowest BCUT2D eigenvalue weighted by molar-refractivity contribution is -0.116. The van der Waals surface area contributed by atoms with E-state index in [0.29, 0.717) is 29.2 Å². The summed E-state index contributed by atoms with van der Waals surface area (Å²) < 4.78 is 4.60. The van der Waals surface area contributed by atoms with E-state index in [1.807, 2.05) is 0 Å². The van der Waals surface area contributed by atoms with E-state index in [2.05, 4.69) is 15.4 Å². The number of anilines is 1. The Bertz CT molecular complexity index is 449. The van der Waals surface area contributed by atoms with E-state index in [-0.39, 0.29) is 5.91 Å². The summed E-state index contributed by atoms with van der Waals surface area (Å²) in [6, 6.07) is 4.57. The Morgan fingerprint density at radius 3 is 2.72 bits per heavy atom. The van der Waals surface area contributed by atoms with Crippen molar-refractivity contribution in [3.05, 3.63) is 28.8 Å². The van der Waals surface area contributed by atoms with Gasteiger partial charge in [0, 0.05) is 13.0 Å². The number of carbonyl (C=O) groups excluding carboxylic acids is 2. The zero-order valence-electron chi connectivity index (χ0n) is 10.2. The molecule has 0 fully saturated rings. The molecule has 1 aromatic rings. The molecule has 0 atom stereocenters. The maximum absolute atomic E-state index is 11.5. The summed E-state index contributed by atoms with van der Waals surface area (Å²) in [6.07, 6.45) is 0.329. The number of hydrogen-bond donors (Lipinski definition) is 2. The fourth-order valence-electron chi connectivity index (χ4n) is 1.32. The molecule has 0 aromatic heterocycles. The first-order valence-corrected chi connectivity index (χ1v) is 5.78. The average Bonchev–Trinajstić information content (AvgIpc) is 2.38. The quantitative estimate of drug-likeness (QED) is 0.799. The number of ether oxygens (including phenoxy) is 1. The zero-order chi connectivity index (χ0) is 13.5. The minimum Gasteiger partial charge on any atom is -0.465 e. The lowest BCUT2D eigenvalue weighted by Gasteiger charge is -2.08. The number of esters is 1. The molecule has 0 saturated carbocycles. The average molecular weight is 271 g/mol. The molecule has 0 heterocycles. The highest BCUT2D eigenvalue weighted by Gasteiger charge is 2.10. The Labute approximate surface area is 110 Å². The lowest BCUT2D eigenvalue weighted by Crippen LogP contribution is -2.19. The van der Waals surface area contributed by atoms with Gasteiger partial charge in [0.15, 0.2) is 0 Å². The van der Waals surface area contributed by atoms with Crippen LogP contribution < -0.4 is 10.6 Å². The predicted molar refractivity (Wildman–Crippen MR) is 70.0 cm³/mol. The molecule has 0 bridgehead atoms. The van der Waals surface area contributed by atoms with E-state index in [0.717, 1.165) is 0 Å². The summed E-state index contributed by atoms with van der Waals surface area (Å²) in [7, 11) is 3.06. The smallest absolute Gasteiger partial charge is 0.337 e. The Hall–Kier alpha value is -1.59. The van der Waals surface area contributed by atoms with Gasteiger partial charge in [-0.2, -0.15) is 0 Å². The molecule has 1 rings (SSSR count). The maximum Gasteiger partial charge on any atom is 0.337 e. The number of methoxy groups -OCH3 is 1. The van der Waals surface area contributed by atoms with E-state index in [9.17, 15) is 9.59 Å². The third kappa shape index (κ3) is 4.01. The van der Waals surface area contributed by atoms with Gasteiger partial charge in [-0.15, -0.1) is 0 Å². The van der Waals surface area contributed by atoms with Crippen molar-refractivity contribution in [2.24, 2.45) is 0 Å². The Morgan fingerprint density at radius 2 is 2.11 bits per heavy atom. The first-order valence-electron chi connectivity index (χ1n) is 5.40. The van der Waals surface area contributed by atoms with Gasteiger partial charge < -0.3 is 15.4 Å². The second-order valence-electron chi connectivity index (χ2n) is 3.59. The summed E-state index contributed by atoms with van der Waals surface area (Å²) >= 11 is 5.94. The van der Waals surface area contributed by atoms with E-state index in [1.54, 1.807) is 13.1 Å². The van der Waals surface area contributed by atoms with Gasteiger partial charge in [0.1, 0.15) is 0 Å². The van der Waals surface area contributed by atoms with Gasteiger partial charge in [0.25, 0.3) is 0 Å². The summed E-state index contributed by atoms with van der Waals surface area (Å²) in [5.41, 5.74) is 0.742. The van der Waals surface area contributed by atoms with Gasteiger partial charge in [-0.1, -0.05) is 11.6 Å². The second kappa shape index (κ2) is 6.98. The minimum atomic E-state index is -0.475. The highest BCUT2D eigenvalue weighted by Crippen LogP contribution is 2.23. The summed E-state index contributed by atoms with van der Waals surface area (Å²) in [5, 5.41) is 5.89. The molecule has 5 nitrogen and oxygen atoms in total. The molecule has 18 heavy (non-hydrogen) atoms. The van der Waals surface area contributed by atoms with Crippen molar-refractivity contribution in [2.45, 2.75) is 6.42 Å². The Balaban J connectivity index is 2.81. The van der Waals surface area contributed by atoms with Crippen LogP contribution in [-0.2, 0) is 9.53 Å². The molecule has 6 heteroatoms. The van der Waals surface area contributed by atoms with E-state index < -0.39 is 5.97 Å². The summed E-state index contributed by atoms with van der Waals surface area (Å²) in [5.74, 6) is -0.648. The van der Waals surface area contributed by atoms with Gasteiger partial charge >= 0.3 is 5.97 Å². The molecular weight excluding hydrogens is 256 g/mol. The molecule has 0 aliphatic carbocycles. The Morgan fingerprint density at radius 1 is 1.39 bits per heavy atom. The highest BCUT2D eigenvalue weighted by molar-refractivity contribution is 6.33. The summed E-state index contributed by atoms with van der Waals surface area (Å²) in [4.78, 5) is 22.9. The first kappa shape index (κ1) is 14.5. The maximum atomic E-state index is 11.5. The van der Waals surface area contributed by atoms with Crippen molar-refractivity contribution >= 4 is 29.2 Å². The number of rotatable bonds is 5. The van der Waals surface area contributed by atoms with Gasteiger partial charge in [0.2, 0.25) is 5.91 Å². The molecule has 0 saturated heterocycles. The predicted octanol–water partition coefficient (Wildman–Crippen LogP) is 1.67. The topological polar surface area (TPSA) is 67.4 Å². The van der Waals surface area contributed by atoms with Crippen LogP contribution in [0.3, 0.4) is 0 Å². The standard InChI is InChI=1S/C12H15ClN2O3/c1-14-6-5-11(16)15-10-7-8(12(17)18-2)3-4-9(10)13/h3-4,7,14H,5-6H2,1-2H3,(H,15,16). The molecule has 98 valence electrons. The van der Waals surface area contributed by atoms with Crippen LogP contribution in [0.25, 0.3) is 0 Å². The monoisotopic (exact) mass is 270 g/mol. The SMILES string of the molecule is CNCCC(=O)Nc1cc(C(=O)OC)ccc1Cl. The van der Waals surface area contributed by atoms with Crippen LogP contribution in [0.4, 0.5) is 5.69 Å². The van der Waals surface area contributed by atoms with E-state index in [1.165, 1.54) is 19.2 Å². The number of nitrogens with one attached hydrogen (secondary N) is 2. The minimum absolute atomic E-state index is 0.173. The molecule has 0 unspecified atom stereocenters. The van der Waals surface area contributed by atoms with Crippen LogP contribution in [0.2, 0.25) is 5.02 Å². The molecule has 0 aliphatic heterocycles. The van der Waals surface area contributed by atoms with Crippen LogP contribution in [0.15, 0.2) is 18.2 Å². The van der Waals surface area contributed by atoms with Crippen LogP contribution in [0, 0.1) is 0 Å². The zero-order valence-corrected chi connectivity index (χ0v) is 11.0. The molecular formula is C12H15ClN2O3. The fourth-order valence-corrected chi connectivity index (χ4v) is 1.48. The Kier molecular flexibility index (Phi) is 5.61. The van der Waals surface area contributed by atoms with E-state index in [4.69, 9.17) is 11.6 Å².